The van der Waals surface area contributed by atoms with Gasteiger partial charge in [0.15, 0.2) is 11.5 Å². The molecule has 0 amide bonds. The van der Waals surface area contributed by atoms with Gasteiger partial charge in [0, 0.05) is 23.4 Å². The Hall–Kier alpha value is -2.70. The second kappa shape index (κ2) is 5.30. The molecule has 1 aromatic heterocycles. The van der Waals surface area contributed by atoms with Crippen molar-refractivity contribution in [2.75, 3.05) is 0 Å². The van der Waals surface area contributed by atoms with E-state index in [1.54, 1.807) is 30.6 Å². The third kappa shape index (κ3) is 2.44. The molecule has 0 unspecified atom stereocenters. The molecule has 0 saturated heterocycles. The first-order chi connectivity index (χ1) is 9.17. The molecule has 0 spiro atoms. The third-order valence-electron chi connectivity index (χ3n) is 2.33. The summed E-state index contributed by atoms with van der Waals surface area (Å²) in [6, 6.07) is 8.28. The monoisotopic (exact) mass is 269 g/mol. The second-order valence-electron chi connectivity index (χ2n) is 3.50. The number of nitrogens with zero attached hydrogens (tertiary/aromatic N) is 3. The predicted molar refractivity (Wildman–Crippen MR) is 67.6 cm³/mol. The lowest BCUT2D eigenvalue weighted by Crippen LogP contribution is -1.89. The van der Waals surface area contributed by atoms with Crippen molar-refractivity contribution in [1.82, 2.24) is 4.98 Å². The molecule has 1 aromatic carbocycles. The van der Waals surface area contributed by atoms with Crippen molar-refractivity contribution in [1.29, 1.82) is 10.5 Å². The average Bonchev–Trinajstić information content (AvgIpc) is 2.44. The van der Waals surface area contributed by atoms with Crippen LogP contribution in [0.25, 0.3) is 0 Å². The highest BCUT2D eigenvalue weighted by Crippen LogP contribution is 2.41. The standard InChI is InChI=1S/C13H7N3O2S/c14-6-8-5-11(17)12(18)10(7-15)13(8)19-9-1-3-16-4-2-9/h1-5,17-18H. The summed E-state index contributed by atoms with van der Waals surface area (Å²) in [5, 5.41) is 37.3. The molecule has 0 radical (unpaired) electrons. The summed E-state index contributed by atoms with van der Waals surface area (Å²) in [4.78, 5) is 4.95. The van der Waals surface area contributed by atoms with Gasteiger partial charge in [-0.1, -0.05) is 11.8 Å². The number of rotatable bonds is 2. The third-order valence-corrected chi connectivity index (χ3v) is 3.47. The SMILES string of the molecule is N#Cc1cc(O)c(O)c(C#N)c1Sc1ccncc1. The van der Waals surface area contributed by atoms with E-state index in [0.717, 1.165) is 22.7 Å². The zero-order valence-electron chi connectivity index (χ0n) is 9.53. The number of phenolic OH excluding ortho intramolecular Hbond substituents is 2. The highest BCUT2D eigenvalue weighted by Gasteiger charge is 2.18. The van der Waals surface area contributed by atoms with E-state index in [1.165, 1.54) is 0 Å². The van der Waals surface area contributed by atoms with Crippen molar-refractivity contribution in [3.63, 3.8) is 0 Å². The van der Waals surface area contributed by atoms with E-state index in [0.29, 0.717) is 4.90 Å². The Morgan fingerprint density at radius 2 is 1.79 bits per heavy atom. The average molecular weight is 269 g/mol. The molecule has 0 aliphatic heterocycles. The van der Waals surface area contributed by atoms with Crippen LogP contribution in [0, 0.1) is 22.7 Å². The Morgan fingerprint density at radius 1 is 1.11 bits per heavy atom. The van der Waals surface area contributed by atoms with Gasteiger partial charge < -0.3 is 10.2 Å². The Morgan fingerprint density at radius 3 is 2.37 bits per heavy atom. The van der Waals surface area contributed by atoms with Crippen LogP contribution in [0.4, 0.5) is 0 Å². The zero-order chi connectivity index (χ0) is 13.8. The number of pyridine rings is 1. The molecule has 0 atom stereocenters. The molecule has 2 N–H and O–H groups in total. The maximum absolute atomic E-state index is 9.67. The number of hydrogen-bond donors (Lipinski definition) is 2. The first-order valence-electron chi connectivity index (χ1n) is 5.14. The highest BCUT2D eigenvalue weighted by molar-refractivity contribution is 7.99. The van der Waals surface area contributed by atoms with Gasteiger partial charge in [0.1, 0.15) is 17.7 Å². The lowest BCUT2D eigenvalue weighted by Gasteiger charge is -2.09. The topological polar surface area (TPSA) is 101 Å². The fourth-order valence-electron chi connectivity index (χ4n) is 1.46. The Balaban J connectivity index is 2.60. The maximum Gasteiger partial charge on any atom is 0.176 e. The quantitative estimate of drug-likeness (QED) is 0.812. The number of phenols is 2. The number of benzene rings is 1. The first-order valence-corrected chi connectivity index (χ1v) is 5.96. The first kappa shape index (κ1) is 12.7. The van der Waals surface area contributed by atoms with Crippen LogP contribution >= 0.6 is 11.8 Å². The van der Waals surface area contributed by atoms with Crippen LogP contribution in [0.1, 0.15) is 11.1 Å². The predicted octanol–water partition coefficient (Wildman–Crippen LogP) is 2.39. The number of aromatic hydroxyl groups is 2. The number of aromatic nitrogens is 1. The maximum atomic E-state index is 9.67. The van der Waals surface area contributed by atoms with Gasteiger partial charge in [-0.25, -0.2) is 0 Å². The summed E-state index contributed by atoms with van der Waals surface area (Å²) in [6.45, 7) is 0. The lowest BCUT2D eigenvalue weighted by atomic mass is 10.1. The molecule has 2 rings (SSSR count). The summed E-state index contributed by atoms with van der Waals surface area (Å²) >= 11 is 1.16. The van der Waals surface area contributed by atoms with E-state index < -0.39 is 11.5 Å². The van der Waals surface area contributed by atoms with Gasteiger partial charge in [-0.2, -0.15) is 10.5 Å². The Labute approximate surface area is 113 Å². The van der Waals surface area contributed by atoms with E-state index >= 15 is 0 Å². The van der Waals surface area contributed by atoms with Gasteiger partial charge in [0.25, 0.3) is 0 Å². The lowest BCUT2D eigenvalue weighted by molar-refractivity contribution is 0.401. The van der Waals surface area contributed by atoms with Crippen molar-refractivity contribution in [3.05, 3.63) is 41.7 Å². The van der Waals surface area contributed by atoms with Crippen molar-refractivity contribution in [2.24, 2.45) is 0 Å². The zero-order valence-corrected chi connectivity index (χ0v) is 10.3. The van der Waals surface area contributed by atoms with Gasteiger partial charge in [-0.15, -0.1) is 0 Å². The molecule has 0 fully saturated rings. The summed E-state index contributed by atoms with van der Waals surface area (Å²) < 4.78 is 0. The van der Waals surface area contributed by atoms with Crippen LogP contribution in [0.3, 0.4) is 0 Å². The van der Waals surface area contributed by atoms with E-state index in [-0.39, 0.29) is 11.1 Å². The minimum atomic E-state index is -0.516. The summed E-state index contributed by atoms with van der Waals surface area (Å²) in [5.41, 5.74) is 0.0204. The van der Waals surface area contributed by atoms with Crippen LogP contribution in [0.15, 0.2) is 40.4 Å². The minimum absolute atomic E-state index is 0.113. The van der Waals surface area contributed by atoms with Crippen LogP contribution in [0.2, 0.25) is 0 Å². The molecular formula is C13H7N3O2S. The largest absolute Gasteiger partial charge is 0.504 e. The van der Waals surface area contributed by atoms with Crippen LogP contribution in [-0.4, -0.2) is 15.2 Å². The van der Waals surface area contributed by atoms with Gasteiger partial charge in [0.2, 0.25) is 0 Å². The molecule has 19 heavy (non-hydrogen) atoms. The van der Waals surface area contributed by atoms with Gasteiger partial charge >= 0.3 is 0 Å². The van der Waals surface area contributed by atoms with E-state index in [2.05, 4.69) is 4.98 Å². The molecule has 0 aliphatic carbocycles. The van der Waals surface area contributed by atoms with Crippen LogP contribution < -0.4 is 0 Å². The smallest absolute Gasteiger partial charge is 0.176 e. The summed E-state index contributed by atoms with van der Waals surface area (Å²) in [5.74, 6) is -0.995. The molecule has 2 aromatic rings. The van der Waals surface area contributed by atoms with Gasteiger partial charge in [0.05, 0.1) is 10.5 Å². The fraction of sp³-hybridized carbons (Fsp3) is 0. The van der Waals surface area contributed by atoms with Gasteiger partial charge in [-0.05, 0) is 12.1 Å². The number of hydrogen-bond acceptors (Lipinski definition) is 6. The molecule has 92 valence electrons. The van der Waals surface area contributed by atoms with Crippen molar-refractivity contribution in [3.8, 4) is 23.6 Å². The molecule has 5 nitrogen and oxygen atoms in total. The normalized spacial score (nSPS) is 9.58. The van der Waals surface area contributed by atoms with Crippen molar-refractivity contribution in [2.45, 2.75) is 9.79 Å². The van der Waals surface area contributed by atoms with Crippen molar-refractivity contribution < 1.29 is 10.2 Å². The van der Waals surface area contributed by atoms with Crippen LogP contribution in [-0.2, 0) is 0 Å². The number of nitriles is 2. The fourth-order valence-corrected chi connectivity index (χ4v) is 2.41. The molecule has 1 heterocycles. The summed E-state index contributed by atoms with van der Waals surface area (Å²) in [7, 11) is 0. The minimum Gasteiger partial charge on any atom is -0.504 e. The molecule has 0 bridgehead atoms. The van der Waals surface area contributed by atoms with E-state index in [9.17, 15) is 10.2 Å². The summed E-state index contributed by atoms with van der Waals surface area (Å²) in [6.07, 6.45) is 3.17. The second-order valence-corrected chi connectivity index (χ2v) is 4.59. The van der Waals surface area contributed by atoms with E-state index in [4.69, 9.17) is 10.5 Å². The van der Waals surface area contributed by atoms with Crippen molar-refractivity contribution >= 4 is 11.8 Å². The van der Waals surface area contributed by atoms with Crippen LogP contribution in [0.5, 0.6) is 11.5 Å². The Kier molecular flexibility index (Phi) is 3.56. The molecule has 0 aliphatic rings. The van der Waals surface area contributed by atoms with E-state index in [1.807, 2.05) is 6.07 Å². The Bertz CT molecular complexity index is 703. The molecule has 6 heteroatoms. The molecular weight excluding hydrogens is 262 g/mol. The highest BCUT2D eigenvalue weighted by atomic mass is 32.2. The van der Waals surface area contributed by atoms with Gasteiger partial charge in [-0.3, -0.25) is 4.98 Å². The molecule has 0 saturated carbocycles.